The Morgan fingerprint density at radius 1 is 1.29 bits per heavy atom. The van der Waals surface area contributed by atoms with Crippen molar-refractivity contribution < 1.29 is 4.52 Å². The molecule has 2 aromatic heterocycles. The van der Waals surface area contributed by atoms with Crippen LogP contribution in [-0.2, 0) is 13.0 Å². The first-order valence-corrected chi connectivity index (χ1v) is 10.3. The van der Waals surface area contributed by atoms with Crippen LogP contribution in [0.3, 0.4) is 0 Å². The van der Waals surface area contributed by atoms with Gasteiger partial charge in [-0.05, 0) is 18.1 Å². The number of hydrogen-bond acceptors (Lipinski definition) is 6. The zero-order chi connectivity index (χ0) is 19.9. The molecular weight excluding hydrogens is 396 g/mol. The number of guanidine groups is 1. The molecule has 3 rings (SSSR count). The number of thiazole rings is 1. The van der Waals surface area contributed by atoms with Gasteiger partial charge < -0.3 is 15.2 Å². The van der Waals surface area contributed by atoms with Crippen molar-refractivity contribution in [1.82, 2.24) is 25.8 Å². The van der Waals surface area contributed by atoms with Crippen molar-refractivity contribution in [1.29, 1.82) is 0 Å². The second-order valence-electron chi connectivity index (χ2n) is 6.45. The minimum absolute atomic E-state index is 0.439. The number of halogens is 1. The van der Waals surface area contributed by atoms with Crippen LogP contribution in [0, 0.1) is 0 Å². The van der Waals surface area contributed by atoms with Gasteiger partial charge in [0.05, 0.1) is 12.2 Å². The summed E-state index contributed by atoms with van der Waals surface area (Å²) in [6.45, 7) is 5.53. The average molecular weight is 419 g/mol. The molecule has 2 heterocycles. The maximum Gasteiger partial charge on any atom is 0.228 e. The van der Waals surface area contributed by atoms with Crippen LogP contribution in [0.25, 0.3) is 11.4 Å². The van der Waals surface area contributed by atoms with Gasteiger partial charge in [0.25, 0.3) is 0 Å². The van der Waals surface area contributed by atoms with Crippen molar-refractivity contribution in [2.45, 2.75) is 32.7 Å². The summed E-state index contributed by atoms with van der Waals surface area (Å²) in [7, 11) is 1.74. The van der Waals surface area contributed by atoms with E-state index in [1.54, 1.807) is 18.4 Å². The van der Waals surface area contributed by atoms with Gasteiger partial charge in [0.2, 0.25) is 11.7 Å². The lowest BCUT2D eigenvalue weighted by atomic mass is 10.2. The first-order chi connectivity index (χ1) is 13.5. The van der Waals surface area contributed by atoms with Crippen LogP contribution in [0.5, 0.6) is 0 Å². The van der Waals surface area contributed by atoms with Crippen molar-refractivity contribution in [3.8, 4) is 11.4 Å². The highest BCUT2D eigenvalue weighted by molar-refractivity contribution is 7.09. The summed E-state index contributed by atoms with van der Waals surface area (Å²) < 4.78 is 5.32. The molecule has 0 aliphatic carbocycles. The highest BCUT2D eigenvalue weighted by Gasteiger charge is 2.10. The Kier molecular flexibility index (Phi) is 7.00. The fourth-order valence-corrected chi connectivity index (χ4v) is 3.53. The Morgan fingerprint density at radius 2 is 2.14 bits per heavy atom. The molecule has 2 N–H and O–H groups in total. The molecule has 9 heteroatoms. The zero-order valence-corrected chi connectivity index (χ0v) is 17.6. The topological polar surface area (TPSA) is 88.2 Å². The van der Waals surface area contributed by atoms with Gasteiger partial charge in [-0.3, -0.25) is 4.99 Å². The number of benzene rings is 1. The van der Waals surface area contributed by atoms with Crippen molar-refractivity contribution in [2.24, 2.45) is 4.99 Å². The molecule has 0 fully saturated rings. The predicted octanol–water partition coefficient (Wildman–Crippen LogP) is 3.88. The lowest BCUT2D eigenvalue weighted by Crippen LogP contribution is -2.37. The third kappa shape index (κ3) is 5.53. The molecule has 3 aromatic rings. The second-order valence-corrected chi connectivity index (χ2v) is 7.82. The molecule has 0 radical (unpaired) electrons. The predicted molar refractivity (Wildman–Crippen MR) is 113 cm³/mol. The molecule has 0 saturated carbocycles. The average Bonchev–Trinajstić information content (AvgIpc) is 3.34. The van der Waals surface area contributed by atoms with Gasteiger partial charge in [-0.15, -0.1) is 11.3 Å². The lowest BCUT2D eigenvalue weighted by Gasteiger charge is -2.09. The van der Waals surface area contributed by atoms with E-state index in [0.29, 0.717) is 48.1 Å². The normalized spacial score (nSPS) is 11.8. The molecule has 7 nitrogen and oxygen atoms in total. The SMILES string of the molecule is CN=C(NCCc1nc(-c2cccc(Cl)c2)no1)NCc1nc(C(C)C)cs1. The molecule has 0 unspecified atom stereocenters. The van der Waals surface area contributed by atoms with Crippen molar-refractivity contribution in [3.63, 3.8) is 0 Å². The number of nitrogens with one attached hydrogen (secondary N) is 2. The van der Waals surface area contributed by atoms with Gasteiger partial charge in [-0.2, -0.15) is 4.98 Å². The first-order valence-electron chi connectivity index (χ1n) is 9.02. The van der Waals surface area contributed by atoms with Gasteiger partial charge in [0, 0.05) is 36.0 Å². The van der Waals surface area contributed by atoms with Gasteiger partial charge >= 0.3 is 0 Å². The van der Waals surface area contributed by atoms with E-state index < -0.39 is 0 Å². The van der Waals surface area contributed by atoms with E-state index in [1.807, 2.05) is 24.3 Å². The van der Waals surface area contributed by atoms with Crippen molar-refractivity contribution in [2.75, 3.05) is 13.6 Å². The van der Waals surface area contributed by atoms with Gasteiger partial charge in [0.1, 0.15) is 5.01 Å². The van der Waals surface area contributed by atoms with Crippen LogP contribution >= 0.6 is 22.9 Å². The zero-order valence-electron chi connectivity index (χ0n) is 16.1. The molecule has 1 aromatic carbocycles. The summed E-state index contributed by atoms with van der Waals surface area (Å²) in [5, 5.41) is 14.3. The summed E-state index contributed by atoms with van der Waals surface area (Å²) in [6, 6.07) is 7.37. The molecule has 0 atom stereocenters. The Bertz CT molecular complexity index is 936. The monoisotopic (exact) mass is 418 g/mol. The number of rotatable bonds is 7. The van der Waals surface area contributed by atoms with E-state index >= 15 is 0 Å². The third-order valence-electron chi connectivity index (χ3n) is 3.97. The molecule has 0 aliphatic heterocycles. The highest BCUT2D eigenvalue weighted by atomic mass is 35.5. The maximum absolute atomic E-state index is 6.01. The molecule has 0 saturated heterocycles. The van der Waals surface area contributed by atoms with Gasteiger partial charge in [-0.1, -0.05) is 42.7 Å². The molecule has 28 heavy (non-hydrogen) atoms. The maximum atomic E-state index is 6.01. The quantitative estimate of drug-likeness (QED) is 0.447. The summed E-state index contributed by atoms with van der Waals surface area (Å²) >= 11 is 7.66. The fourth-order valence-electron chi connectivity index (χ4n) is 2.44. The molecular formula is C19H23ClN6OS. The van der Waals surface area contributed by atoms with Crippen LogP contribution in [0.2, 0.25) is 5.02 Å². The van der Waals surface area contributed by atoms with E-state index in [1.165, 1.54) is 0 Å². The van der Waals surface area contributed by atoms with Crippen molar-refractivity contribution in [3.05, 3.63) is 51.3 Å². The summed E-state index contributed by atoms with van der Waals surface area (Å²) in [6.07, 6.45) is 0.586. The van der Waals surface area contributed by atoms with E-state index in [-0.39, 0.29) is 0 Å². The Hall–Kier alpha value is -2.45. The molecule has 0 amide bonds. The summed E-state index contributed by atoms with van der Waals surface area (Å²) in [4.78, 5) is 13.3. The second kappa shape index (κ2) is 9.66. The van der Waals surface area contributed by atoms with Crippen LogP contribution in [0.15, 0.2) is 39.2 Å². The Morgan fingerprint density at radius 3 is 2.86 bits per heavy atom. The smallest absolute Gasteiger partial charge is 0.228 e. The summed E-state index contributed by atoms with van der Waals surface area (Å²) in [5.41, 5.74) is 1.95. The Labute approximate surface area is 173 Å². The van der Waals surface area contributed by atoms with Crippen LogP contribution in [0.4, 0.5) is 0 Å². The van der Waals surface area contributed by atoms with Crippen LogP contribution in [0.1, 0.15) is 36.4 Å². The van der Waals surface area contributed by atoms with Crippen LogP contribution < -0.4 is 10.6 Å². The molecule has 0 spiro atoms. The third-order valence-corrected chi connectivity index (χ3v) is 5.08. The van der Waals surface area contributed by atoms with E-state index in [4.69, 9.17) is 16.1 Å². The summed E-state index contributed by atoms with van der Waals surface area (Å²) in [5.74, 6) is 2.23. The molecule has 0 bridgehead atoms. The minimum Gasteiger partial charge on any atom is -0.356 e. The van der Waals surface area contributed by atoms with Crippen LogP contribution in [-0.4, -0.2) is 34.7 Å². The van der Waals surface area contributed by atoms with E-state index in [2.05, 4.69) is 50.0 Å². The highest BCUT2D eigenvalue weighted by Crippen LogP contribution is 2.20. The lowest BCUT2D eigenvalue weighted by molar-refractivity contribution is 0.378. The van der Waals surface area contributed by atoms with Crippen molar-refractivity contribution >= 4 is 28.9 Å². The van der Waals surface area contributed by atoms with Gasteiger partial charge in [-0.25, -0.2) is 4.98 Å². The van der Waals surface area contributed by atoms with E-state index in [0.717, 1.165) is 16.3 Å². The largest absolute Gasteiger partial charge is 0.356 e. The fraction of sp³-hybridized carbons (Fsp3) is 0.368. The number of aliphatic imine (C=N–C) groups is 1. The number of hydrogen-bond donors (Lipinski definition) is 2. The number of nitrogens with zero attached hydrogens (tertiary/aromatic N) is 4. The molecule has 0 aliphatic rings. The minimum atomic E-state index is 0.439. The van der Waals surface area contributed by atoms with E-state index in [9.17, 15) is 0 Å². The standard InChI is InChI=1S/C19H23ClN6OS/c1-12(2)15-11-28-17(24-15)10-23-19(21-3)22-8-7-16-25-18(26-27-16)13-5-4-6-14(20)9-13/h4-6,9,11-12H,7-8,10H2,1-3H3,(H2,21,22,23). The van der Waals surface area contributed by atoms with Gasteiger partial charge in [0.15, 0.2) is 5.96 Å². The first kappa shape index (κ1) is 20.3. The Balaban J connectivity index is 1.47. The number of aromatic nitrogens is 3. The molecule has 148 valence electrons.